The highest BCUT2D eigenvalue weighted by Crippen LogP contribution is 2.07. The van der Waals surface area contributed by atoms with Crippen LogP contribution in [0.1, 0.15) is 6.92 Å². The lowest BCUT2D eigenvalue weighted by atomic mass is 10.2. The van der Waals surface area contributed by atoms with Crippen molar-refractivity contribution in [1.82, 2.24) is 4.90 Å². The third kappa shape index (κ3) is 4.27. The van der Waals surface area contributed by atoms with Crippen LogP contribution in [0.25, 0.3) is 0 Å². The van der Waals surface area contributed by atoms with E-state index in [2.05, 4.69) is 17.0 Å². The Morgan fingerprint density at radius 3 is 3.20 bits per heavy atom. The Labute approximate surface area is 94.6 Å². The van der Waals surface area contributed by atoms with Gasteiger partial charge in [-0.2, -0.15) is 11.8 Å². The molecule has 0 bridgehead atoms. The van der Waals surface area contributed by atoms with E-state index in [1.54, 1.807) is 0 Å². The third-order valence-electron chi connectivity index (χ3n) is 2.35. The van der Waals surface area contributed by atoms with Crippen LogP contribution in [0.5, 0.6) is 0 Å². The first-order valence-electron chi connectivity index (χ1n) is 5.17. The van der Waals surface area contributed by atoms with E-state index in [0.29, 0.717) is 6.61 Å². The second kappa shape index (κ2) is 6.92. The van der Waals surface area contributed by atoms with Crippen molar-refractivity contribution in [3.63, 3.8) is 0 Å². The minimum absolute atomic E-state index is 0.169. The van der Waals surface area contributed by atoms with Gasteiger partial charge < -0.3 is 15.7 Å². The number of oxime groups is 1. The molecule has 1 aliphatic heterocycles. The average molecular weight is 233 g/mol. The van der Waals surface area contributed by atoms with Crippen LogP contribution in [0.2, 0.25) is 0 Å². The molecule has 15 heavy (non-hydrogen) atoms. The van der Waals surface area contributed by atoms with E-state index in [1.807, 2.05) is 11.8 Å². The van der Waals surface area contributed by atoms with Crippen LogP contribution in [-0.2, 0) is 4.74 Å². The van der Waals surface area contributed by atoms with Gasteiger partial charge in [0.1, 0.15) is 6.10 Å². The first-order chi connectivity index (χ1) is 7.27. The summed E-state index contributed by atoms with van der Waals surface area (Å²) in [6.07, 6.45) is -0.254. The Bertz CT molecular complexity index is 214. The summed E-state index contributed by atoms with van der Waals surface area (Å²) in [5, 5.41) is 11.5. The molecule has 1 heterocycles. The van der Waals surface area contributed by atoms with E-state index in [-0.39, 0.29) is 11.9 Å². The van der Waals surface area contributed by atoms with Gasteiger partial charge in [0.2, 0.25) is 0 Å². The van der Waals surface area contributed by atoms with Crippen LogP contribution in [0.3, 0.4) is 0 Å². The molecule has 1 unspecified atom stereocenters. The van der Waals surface area contributed by atoms with Gasteiger partial charge in [-0.15, -0.1) is 0 Å². The molecule has 6 heteroatoms. The van der Waals surface area contributed by atoms with Gasteiger partial charge in [-0.25, -0.2) is 0 Å². The maximum absolute atomic E-state index is 8.55. The molecule has 0 radical (unpaired) electrons. The smallest absolute Gasteiger partial charge is 0.169 e. The van der Waals surface area contributed by atoms with E-state index in [9.17, 15) is 0 Å². The maximum atomic E-state index is 8.55. The minimum atomic E-state index is -0.254. The number of thioether (sulfide) groups is 1. The molecule has 5 nitrogen and oxygen atoms in total. The average Bonchev–Trinajstić information content (AvgIpc) is 2.29. The van der Waals surface area contributed by atoms with Gasteiger partial charge >= 0.3 is 0 Å². The van der Waals surface area contributed by atoms with Crippen molar-refractivity contribution in [2.75, 3.05) is 37.7 Å². The fraction of sp³-hybridized carbons (Fsp3) is 0.889. The summed E-state index contributed by atoms with van der Waals surface area (Å²) >= 11 is 1.92. The van der Waals surface area contributed by atoms with Gasteiger partial charge in [0.15, 0.2) is 5.84 Å². The second-order valence-corrected chi connectivity index (χ2v) is 4.78. The van der Waals surface area contributed by atoms with E-state index >= 15 is 0 Å². The molecular weight excluding hydrogens is 214 g/mol. The van der Waals surface area contributed by atoms with Crippen molar-refractivity contribution >= 4 is 17.6 Å². The second-order valence-electron chi connectivity index (χ2n) is 3.38. The molecule has 1 fully saturated rings. The highest BCUT2D eigenvalue weighted by Gasteiger charge is 2.23. The van der Waals surface area contributed by atoms with Gasteiger partial charge in [-0.3, -0.25) is 4.90 Å². The number of ether oxygens (including phenoxy) is 1. The zero-order chi connectivity index (χ0) is 11.1. The molecular formula is C9H19N3O2S. The first kappa shape index (κ1) is 12.6. The normalized spacial score (nSPS) is 24.3. The van der Waals surface area contributed by atoms with E-state index in [0.717, 1.165) is 31.1 Å². The highest BCUT2D eigenvalue weighted by molar-refractivity contribution is 7.99. The summed E-state index contributed by atoms with van der Waals surface area (Å²) in [5.41, 5.74) is 5.51. The van der Waals surface area contributed by atoms with Crippen LogP contribution in [0.4, 0.5) is 0 Å². The molecule has 0 aromatic heterocycles. The zero-order valence-electron chi connectivity index (χ0n) is 9.06. The Balaban J connectivity index is 2.29. The Morgan fingerprint density at radius 2 is 2.53 bits per heavy atom. The zero-order valence-corrected chi connectivity index (χ0v) is 9.87. The van der Waals surface area contributed by atoms with E-state index in [1.165, 1.54) is 0 Å². The van der Waals surface area contributed by atoms with Crippen LogP contribution >= 0.6 is 11.8 Å². The van der Waals surface area contributed by atoms with Crippen molar-refractivity contribution in [2.45, 2.75) is 13.0 Å². The molecule has 0 amide bonds. The molecule has 0 spiro atoms. The van der Waals surface area contributed by atoms with E-state index < -0.39 is 0 Å². The largest absolute Gasteiger partial charge is 0.409 e. The van der Waals surface area contributed by atoms with Gasteiger partial charge in [-0.05, 0) is 5.75 Å². The van der Waals surface area contributed by atoms with Crippen molar-refractivity contribution < 1.29 is 9.94 Å². The molecule has 3 N–H and O–H groups in total. The lowest BCUT2D eigenvalue weighted by Crippen LogP contribution is -2.49. The summed E-state index contributed by atoms with van der Waals surface area (Å²) in [6.45, 7) is 5.50. The lowest BCUT2D eigenvalue weighted by Gasteiger charge is -2.31. The molecule has 0 aromatic carbocycles. The van der Waals surface area contributed by atoms with Gasteiger partial charge in [0.25, 0.3) is 0 Å². The highest BCUT2D eigenvalue weighted by atomic mass is 32.2. The topological polar surface area (TPSA) is 71.1 Å². The van der Waals surface area contributed by atoms with Crippen molar-refractivity contribution in [3.05, 3.63) is 0 Å². The van der Waals surface area contributed by atoms with Gasteiger partial charge in [0.05, 0.1) is 6.61 Å². The van der Waals surface area contributed by atoms with E-state index in [4.69, 9.17) is 15.7 Å². The Morgan fingerprint density at radius 1 is 1.73 bits per heavy atom. The molecule has 1 saturated heterocycles. The molecule has 0 saturated carbocycles. The number of amidine groups is 1. The number of rotatable bonds is 5. The van der Waals surface area contributed by atoms with Gasteiger partial charge in [-0.1, -0.05) is 12.1 Å². The Hall–Kier alpha value is -0.460. The standard InChI is InChI=1S/C9H19N3O2S/c1-2-15-6-4-12-3-5-14-8(7-12)9(10)11-13/h8,13H,2-7H2,1H3,(H2,10,11). The third-order valence-corrected chi connectivity index (χ3v) is 3.23. The predicted molar refractivity (Wildman–Crippen MR) is 62.6 cm³/mol. The van der Waals surface area contributed by atoms with Crippen LogP contribution in [0.15, 0.2) is 5.16 Å². The number of hydrogen-bond acceptors (Lipinski definition) is 5. The summed E-state index contributed by atoms with van der Waals surface area (Å²) in [6, 6.07) is 0. The summed E-state index contributed by atoms with van der Waals surface area (Å²) in [5.74, 6) is 2.44. The number of nitrogens with zero attached hydrogens (tertiary/aromatic N) is 2. The van der Waals surface area contributed by atoms with Crippen LogP contribution in [-0.4, -0.2) is 59.8 Å². The summed E-state index contributed by atoms with van der Waals surface area (Å²) in [4.78, 5) is 2.29. The number of nitrogens with two attached hydrogens (primary N) is 1. The molecule has 88 valence electrons. The Kier molecular flexibility index (Phi) is 5.82. The van der Waals surface area contributed by atoms with Crippen LogP contribution < -0.4 is 5.73 Å². The monoisotopic (exact) mass is 233 g/mol. The number of morpholine rings is 1. The van der Waals surface area contributed by atoms with Gasteiger partial charge in [0, 0.05) is 25.4 Å². The maximum Gasteiger partial charge on any atom is 0.169 e. The quantitative estimate of drug-likeness (QED) is 0.233. The van der Waals surface area contributed by atoms with Crippen molar-refractivity contribution in [2.24, 2.45) is 10.9 Å². The summed E-state index contributed by atoms with van der Waals surface area (Å²) < 4.78 is 5.40. The van der Waals surface area contributed by atoms with Crippen molar-refractivity contribution in [1.29, 1.82) is 0 Å². The molecule has 1 rings (SSSR count). The molecule has 0 aliphatic carbocycles. The fourth-order valence-corrected chi connectivity index (χ4v) is 2.16. The number of hydrogen-bond donors (Lipinski definition) is 2. The molecule has 0 aromatic rings. The molecule has 1 atom stereocenters. The van der Waals surface area contributed by atoms with Crippen LogP contribution in [0, 0.1) is 0 Å². The SMILES string of the molecule is CCSCCN1CCOC(C(N)=NO)C1. The van der Waals surface area contributed by atoms with Crippen molar-refractivity contribution in [3.8, 4) is 0 Å². The lowest BCUT2D eigenvalue weighted by molar-refractivity contribution is 0.00729. The fourth-order valence-electron chi connectivity index (χ4n) is 1.49. The first-order valence-corrected chi connectivity index (χ1v) is 6.32. The summed E-state index contributed by atoms with van der Waals surface area (Å²) in [7, 11) is 0. The minimum Gasteiger partial charge on any atom is -0.409 e. The molecule has 1 aliphatic rings. The predicted octanol–water partition coefficient (Wildman–Crippen LogP) is 0.187.